The first kappa shape index (κ1) is 7.84. The highest BCUT2D eigenvalue weighted by Gasteiger charge is 1.97. The van der Waals surface area contributed by atoms with Gasteiger partial charge < -0.3 is 5.73 Å². The lowest BCUT2D eigenvalue weighted by atomic mass is 10.1. The zero-order valence-electron chi connectivity index (χ0n) is 6.54. The van der Waals surface area contributed by atoms with E-state index in [4.69, 9.17) is 5.73 Å². The first-order valence-corrected chi connectivity index (χ1v) is 3.57. The summed E-state index contributed by atoms with van der Waals surface area (Å²) in [5, 5.41) is 0. The van der Waals surface area contributed by atoms with E-state index in [2.05, 4.69) is 11.8 Å². The molecule has 1 atom stereocenters. The fourth-order valence-electron chi connectivity index (χ4n) is 0.899. The number of nitrogens with two attached hydrogens (primary N) is 1. The van der Waals surface area contributed by atoms with Crippen LogP contribution in [0.15, 0.2) is 30.3 Å². The van der Waals surface area contributed by atoms with Crippen molar-refractivity contribution in [3.63, 3.8) is 0 Å². The number of hydrogen-bond acceptors (Lipinski definition) is 1. The van der Waals surface area contributed by atoms with Crippen molar-refractivity contribution >= 4 is 0 Å². The highest BCUT2D eigenvalue weighted by atomic mass is 14.6. The van der Waals surface area contributed by atoms with Crippen LogP contribution in [0.4, 0.5) is 0 Å². The first-order valence-electron chi connectivity index (χ1n) is 3.57. The Morgan fingerprint density at radius 1 is 1.27 bits per heavy atom. The van der Waals surface area contributed by atoms with Crippen molar-refractivity contribution in [2.45, 2.75) is 13.0 Å². The van der Waals surface area contributed by atoms with Gasteiger partial charge in [-0.1, -0.05) is 36.3 Å². The van der Waals surface area contributed by atoms with Crippen molar-refractivity contribution in [1.82, 2.24) is 0 Å². The summed E-state index contributed by atoms with van der Waals surface area (Å²) in [6, 6.07) is 9.72. The summed E-state index contributed by atoms with van der Waals surface area (Å²) in [6.07, 6.45) is 0. The monoisotopic (exact) mass is 145 g/mol. The zero-order chi connectivity index (χ0) is 8.10. The summed E-state index contributed by atoms with van der Waals surface area (Å²) < 4.78 is 0. The Bertz CT molecular complexity index is 266. The molecule has 0 saturated heterocycles. The van der Waals surface area contributed by atoms with Gasteiger partial charge in [0.15, 0.2) is 0 Å². The van der Waals surface area contributed by atoms with Gasteiger partial charge in [-0.25, -0.2) is 0 Å². The third-order valence-corrected chi connectivity index (χ3v) is 1.46. The molecule has 1 nitrogen and oxygen atoms in total. The van der Waals surface area contributed by atoms with Crippen molar-refractivity contribution < 1.29 is 0 Å². The fraction of sp³-hybridized carbons (Fsp3) is 0.200. The van der Waals surface area contributed by atoms with Gasteiger partial charge in [0.1, 0.15) is 0 Å². The predicted molar refractivity (Wildman–Crippen MR) is 46.8 cm³/mol. The number of benzene rings is 1. The minimum absolute atomic E-state index is 0.138. The van der Waals surface area contributed by atoms with Crippen molar-refractivity contribution in [3.05, 3.63) is 35.9 Å². The Labute approximate surface area is 67.2 Å². The topological polar surface area (TPSA) is 26.0 Å². The third-order valence-electron chi connectivity index (χ3n) is 1.46. The van der Waals surface area contributed by atoms with Crippen LogP contribution >= 0.6 is 0 Å². The maximum atomic E-state index is 5.73. The van der Waals surface area contributed by atoms with Gasteiger partial charge in [0.25, 0.3) is 0 Å². The molecule has 1 aromatic carbocycles. The molecule has 1 rings (SSSR count). The molecule has 2 N–H and O–H groups in total. The van der Waals surface area contributed by atoms with Crippen LogP contribution in [0.1, 0.15) is 18.5 Å². The van der Waals surface area contributed by atoms with E-state index in [0.29, 0.717) is 0 Å². The standard InChI is InChI=1S/C10H11N/c1-2-6-10(11)9-7-4-3-5-8-9/h3-5,7-8,10H,11H2,1H3. The van der Waals surface area contributed by atoms with Crippen molar-refractivity contribution in [2.24, 2.45) is 5.73 Å². The lowest BCUT2D eigenvalue weighted by Gasteiger charge is -2.02. The maximum Gasteiger partial charge on any atom is 0.0920 e. The minimum Gasteiger partial charge on any atom is -0.314 e. The Morgan fingerprint density at radius 3 is 2.45 bits per heavy atom. The molecule has 0 spiro atoms. The largest absolute Gasteiger partial charge is 0.314 e. The second-order valence-corrected chi connectivity index (χ2v) is 2.28. The molecule has 56 valence electrons. The van der Waals surface area contributed by atoms with E-state index in [9.17, 15) is 0 Å². The van der Waals surface area contributed by atoms with Crippen LogP contribution < -0.4 is 5.73 Å². The van der Waals surface area contributed by atoms with Gasteiger partial charge in [-0.2, -0.15) is 0 Å². The molecule has 0 aliphatic carbocycles. The lowest BCUT2D eigenvalue weighted by Crippen LogP contribution is -2.06. The van der Waals surface area contributed by atoms with Crippen LogP contribution in [0, 0.1) is 11.8 Å². The summed E-state index contributed by atoms with van der Waals surface area (Å²) in [5.41, 5.74) is 6.80. The summed E-state index contributed by atoms with van der Waals surface area (Å²) in [4.78, 5) is 0. The van der Waals surface area contributed by atoms with Gasteiger partial charge in [-0.3, -0.25) is 0 Å². The average Bonchev–Trinajstić information content (AvgIpc) is 2.07. The van der Waals surface area contributed by atoms with Crippen LogP contribution in [0.5, 0.6) is 0 Å². The minimum atomic E-state index is -0.138. The molecule has 0 bridgehead atoms. The molecule has 0 amide bonds. The molecular formula is C10H11N. The first-order chi connectivity index (χ1) is 5.34. The predicted octanol–water partition coefficient (Wildman–Crippen LogP) is 1.71. The van der Waals surface area contributed by atoms with E-state index < -0.39 is 0 Å². The van der Waals surface area contributed by atoms with Crippen LogP contribution in [-0.2, 0) is 0 Å². The maximum absolute atomic E-state index is 5.73. The van der Waals surface area contributed by atoms with Crippen LogP contribution in [-0.4, -0.2) is 0 Å². The Kier molecular flexibility index (Phi) is 2.71. The van der Waals surface area contributed by atoms with Crippen molar-refractivity contribution in [1.29, 1.82) is 0 Å². The molecule has 0 aliphatic heterocycles. The molecule has 0 aromatic heterocycles. The molecule has 1 aromatic rings. The third kappa shape index (κ3) is 2.10. The number of hydrogen-bond donors (Lipinski definition) is 1. The van der Waals surface area contributed by atoms with E-state index in [1.54, 1.807) is 6.92 Å². The highest BCUT2D eigenvalue weighted by Crippen LogP contribution is 2.06. The quantitative estimate of drug-likeness (QED) is 0.598. The SMILES string of the molecule is CC#CC(N)c1ccccc1. The van der Waals surface area contributed by atoms with Crippen molar-refractivity contribution in [2.75, 3.05) is 0 Å². The van der Waals surface area contributed by atoms with E-state index >= 15 is 0 Å². The van der Waals surface area contributed by atoms with Crippen LogP contribution in [0.2, 0.25) is 0 Å². The second-order valence-electron chi connectivity index (χ2n) is 2.28. The fourth-order valence-corrected chi connectivity index (χ4v) is 0.899. The smallest absolute Gasteiger partial charge is 0.0920 e. The van der Waals surface area contributed by atoms with Crippen LogP contribution in [0.3, 0.4) is 0 Å². The molecule has 0 aliphatic rings. The average molecular weight is 145 g/mol. The molecule has 0 heterocycles. The zero-order valence-corrected chi connectivity index (χ0v) is 6.54. The Hall–Kier alpha value is -1.26. The van der Waals surface area contributed by atoms with E-state index in [1.165, 1.54) is 0 Å². The highest BCUT2D eigenvalue weighted by molar-refractivity contribution is 5.25. The summed E-state index contributed by atoms with van der Waals surface area (Å²) >= 11 is 0. The van der Waals surface area contributed by atoms with Gasteiger partial charge >= 0.3 is 0 Å². The van der Waals surface area contributed by atoms with E-state index in [0.717, 1.165) is 5.56 Å². The van der Waals surface area contributed by atoms with Gasteiger partial charge in [0, 0.05) is 0 Å². The molecule has 0 saturated carbocycles. The molecule has 1 unspecified atom stereocenters. The summed E-state index contributed by atoms with van der Waals surface area (Å²) in [7, 11) is 0. The summed E-state index contributed by atoms with van der Waals surface area (Å²) in [6.45, 7) is 1.79. The van der Waals surface area contributed by atoms with Crippen LogP contribution in [0.25, 0.3) is 0 Å². The van der Waals surface area contributed by atoms with E-state index in [-0.39, 0.29) is 6.04 Å². The molecule has 1 heteroatoms. The van der Waals surface area contributed by atoms with Gasteiger partial charge in [-0.15, -0.1) is 5.92 Å². The Balaban J connectivity index is 2.82. The molecule has 11 heavy (non-hydrogen) atoms. The molecule has 0 radical (unpaired) electrons. The molecular weight excluding hydrogens is 134 g/mol. The normalized spacial score (nSPS) is 11.5. The van der Waals surface area contributed by atoms with Gasteiger partial charge in [0.2, 0.25) is 0 Å². The van der Waals surface area contributed by atoms with Crippen molar-refractivity contribution in [3.8, 4) is 11.8 Å². The second kappa shape index (κ2) is 3.80. The number of rotatable bonds is 1. The summed E-state index contributed by atoms with van der Waals surface area (Å²) in [5.74, 6) is 5.68. The Morgan fingerprint density at radius 2 is 1.91 bits per heavy atom. The van der Waals surface area contributed by atoms with E-state index in [1.807, 2.05) is 30.3 Å². The lowest BCUT2D eigenvalue weighted by molar-refractivity contribution is 0.945. The van der Waals surface area contributed by atoms with Gasteiger partial charge in [-0.05, 0) is 12.5 Å². The molecule has 0 fully saturated rings. The van der Waals surface area contributed by atoms with Gasteiger partial charge in [0.05, 0.1) is 6.04 Å².